The van der Waals surface area contributed by atoms with Gasteiger partial charge in [-0.3, -0.25) is 4.57 Å². The van der Waals surface area contributed by atoms with Gasteiger partial charge in [0.15, 0.2) is 0 Å². The van der Waals surface area contributed by atoms with Gasteiger partial charge in [0.25, 0.3) is 0 Å². The first-order chi connectivity index (χ1) is 22.8. The topological polar surface area (TPSA) is 22.8 Å². The molecule has 0 saturated carbocycles. The van der Waals surface area contributed by atoms with Gasteiger partial charge in [-0.15, -0.1) is 0 Å². The van der Waals surface area contributed by atoms with Crippen LogP contribution in [-0.4, -0.2) is 14.1 Å². The van der Waals surface area contributed by atoms with E-state index in [-0.39, 0.29) is 0 Å². The Balaban J connectivity index is 1.29. The molecule has 0 unspecified atom stereocenters. The van der Waals surface area contributed by atoms with E-state index in [4.69, 9.17) is 4.98 Å². The van der Waals surface area contributed by atoms with Gasteiger partial charge in [-0.05, 0) is 81.5 Å². The first-order valence-electron chi connectivity index (χ1n) is 15.7. The van der Waals surface area contributed by atoms with Crippen LogP contribution in [0, 0.1) is 0 Å². The number of fused-ring (bicyclic) bond motifs is 11. The molecule has 0 aliphatic rings. The summed E-state index contributed by atoms with van der Waals surface area (Å²) in [6, 6.07) is 58.8. The van der Waals surface area contributed by atoms with Gasteiger partial charge in [-0.1, -0.05) is 109 Å². The Morgan fingerprint density at radius 3 is 1.78 bits per heavy atom. The van der Waals surface area contributed by atoms with Crippen molar-refractivity contribution in [3.05, 3.63) is 164 Å². The van der Waals surface area contributed by atoms with Crippen LogP contribution < -0.4 is 0 Å². The van der Waals surface area contributed by atoms with E-state index in [9.17, 15) is 0 Å². The Morgan fingerprint density at radius 1 is 0.370 bits per heavy atom. The maximum Gasteiger partial charge on any atom is 0.145 e. The number of nitrogens with zero attached hydrogens (tertiary/aromatic N) is 3. The molecule has 10 aromatic rings. The zero-order valence-corrected chi connectivity index (χ0v) is 24.9. The van der Waals surface area contributed by atoms with E-state index >= 15 is 0 Å². The average molecular weight is 586 g/mol. The second kappa shape index (κ2) is 9.65. The van der Waals surface area contributed by atoms with Gasteiger partial charge < -0.3 is 4.57 Å². The standard InChI is InChI=1S/C43H27N3/c1-2-13-30(14-3-1)46-39-21-11-9-19-37(39)44-43(46)29-22-25-31(26-23-29)45-38-20-10-8-18-36(38)41-34-17-7-6-16-33(34)35-27-24-28-12-4-5-15-32(28)40(35)42(41)45/h1-27H. The van der Waals surface area contributed by atoms with Crippen molar-refractivity contribution < 1.29 is 0 Å². The van der Waals surface area contributed by atoms with Crippen molar-refractivity contribution in [1.29, 1.82) is 0 Å². The summed E-state index contributed by atoms with van der Waals surface area (Å²) in [5.41, 5.74) is 7.83. The van der Waals surface area contributed by atoms with Crippen molar-refractivity contribution in [2.24, 2.45) is 0 Å². The smallest absolute Gasteiger partial charge is 0.145 e. The fraction of sp³-hybridized carbons (Fsp3) is 0. The third kappa shape index (κ3) is 3.51. The summed E-state index contributed by atoms with van der Waals surface area (Å²) >= 11 is 0. The average Bonchev–Trinajstić information content (AvgIpc) is 3.69. The highest BCUT2D eigenvalue weighted by Crippen LogP contribution is 2.44. The fourth-order valence-electron chi connectivity index (χ4n) is 7.52. The minimum Gasteiger partial charge on any atom is -0.309 e. The molecule has 3 heteroatoms. The molecule has 0 spiro atoms. The molecule has 0 amide bonds. The van der Waals surface area contributed by atoms with Gasteiger partial charge in [-0.2, -0.15) is 0 Å². The molecule has 0 saturated heterocycles. The van der Waals surface area contributed by atoms with Crippen LogP contribution in [0.15, 0.2) is 164 Å². The van der Waals surface area contributed by atoms with Crippen LogP contribution in [0.25, 0.3) is 87.9 Å². The zero-order chi connectivity index (χ0) is 30.2. The summed E-state index contributed by atoms with van der Waals surface area (Å²) in [4.78, 5) is 5.12. The maximum atomic E-state index is 5.12. The maximum absolute atomic E-state index is 5.12. The summed E-state index contributed by atoms with van der Waals surface area (Å²) in [5.74, 6) is 0.934. The largest absolute Gasteiger partial charge is 0.309 e. The molecule has 0 N–H and O–H groups in total. The highest BCUT2D eigenvalue weighted by Gasteiger charge is 2.21. The van der Waals surface area contributed by atoms with E-state index in [0.29, 0.717) is 0 Å². The summed E-state index contributed by atoms with van der Waals surface area (Å²) in [5, 5.41) is 10.2. The molecule has 214 valence electrons. The van der Waals surface area contributed by atoms with Gasteiger partial charge >= 0.3 is 0 Å². The lowest BCUT2D eigenvalue weighted by molar-refractivity contribution is 1.10. The predicted octanol–water partition coefficient (Wildman–Crippen LogP) is 11.2. The lowest BCUT2D eigenvalue weighted by Crippen LogP contribution is -1.98. The molecule has 8 aromatic carbocycles. The van der Waals surface area contributed by atoms with Crippen molar-refractivity contribution in [2.75, 3.05) is 0 Å². The Labute approximate surface area is 265 Å². The summed E-state index contributed by atoms with van der Waals surface area (Å²) in [6.45, 7) is 0. The van der Waals surface area contributed by atoms with Crippen molar-refractivity contribution in [3.63, 3.8) is 0 Å². The summed E-state index contributed by atoms with van der Waals surface area (Å²) < 4.78 is 4.73. The molecule has 0 atom stereocenters. The Hall–Kier alpha value is -6.19. The van der Waals surface area contributed by atoms with Gasteiger partial charge in [0.05, 0.1) is 22.1 Å². The molecule has 0 radical (unpaired) electrons. The number of benzene rings is 8. The van der Waals surface area contributed by atoms with Crippen molar-refractivity contribution in [2.45, 2.75) is 0 Å². The van der Waals surface area contributed by atoms with Crippen LogP contribution in [-0.2, 0) is 0 Å². The number of imidazole rings is 1. The van der Waals surface area contributed by atoms with Crippen molar-refractivity contribution in [3.8, 4) is 22.8 Å². The minimum atomic E-state index is 0.934. The van der Waals surface area contributed by atoms with E-state index in [1.165, 1.54) is 54.1 Å². The summed E-state index contributed by atoms with van der Waals surface area (Å²) in [7, 11) is 0. The fourth-order valence-corrected chi connectivity index (χ4v) is 7.52. The van der Waals surface area contributed by atoms with E-state index in [1.54, 1.807) is 0 Å². The predicted molar refractivity (Wildman–Crippen MR) is 193 cm³/mol. The number of hydrogen-bond donors (Lipinski definition) is 0. The molecular weight excluding hydrogens is 558 g/mol. The van der Waals surface area contributed by atoms with Gasteiger partial charge in [0, 0.05) is 33.1 Å². The Bertz CT molecular complexity index is 2780. The zero-order valence-electron chi connectivity index (χ0n) is 24.9. The van der Waals surface area contributed by atoms with Gasteiger partial charge in [0.2, 0.25) is 0 Å². The highest BCUT2D eigenvalue weighted by molar-refractivity contribution is 6.36. The monoisotopic (exact) mass is 585 g/mol. The van der Waals surface area contributed by atoms with Crippen LogP contribution in [0.1, 0.15) is 0 Å². The molecule has 2 heterocycles. The van der Waals surface area contributed by atoms with Crippen LogP contribution in [0.2, 0.25) is 0 Å². The molecule has 0 aliphatic carbocycles. The quantitative estimate of drug-likeness (QED) is 0.189. The number of rotatable bonds is 3. The molecule has 0 aliphatic heterocycles. The minimum absolute atomic E-state index is 0.934. The second-order valence-corrected chi connectivity index (χ2v) is 12.0. The van der Waals surface area contributed by atoms with E-state index < -0.39 is 0 Å². The molecular formula is C43H27N3. The molecule has 10 rings (SSSR count). The van der Waals surface area contributed by atoms with Crippen LogP contribution in [0.4, 0.5) is 0 Å². The molecule has 0 bridgehead atoms. The lowest BCUT2D eigenvalue weighted by Gasteiger charge is -2.15. The first kappa shape index (κ1) is 25.2. The third-order valence-electron chi connectivity index (χ3n) is 9.49. The van der Waals surface area contributed by atoms with Gasteiger partial charge in [0.1, 0.15) is 5.82 Å². The third-order valence-corrected chi connectivity index (χ3v) is 9.49. The SMILES string of the molecule is c1ccc(-n2c(-c3ccc(-n4c5ccccc5c5c6ccccc6c6ccc7ccccc7c6c54)cc3)nc3ccccc32)cc1. The number of hydrogen-bond acceptors (Lipinski definition) is 1. The first-order valence-corrected chi connectivity index (χ1v) is 15.7. The van der Waals surface area contributed by atoms with Crippen LogP contribution >= 0.6 is 0 Å². The van der Waals surface area contributed by atoms with E-state index in [2.05, 4.69) is 173 Å². The van der Waals surface area contributed by atoms with Crippen LogP contribution in [0.3, 0.4) is 0 Å². The van der Waals surface area contributed by atoms with E-state index in [0.717, 1.165) is 33.8 Å². The lowest BCUT2D eigenvalue weighted by atomic mass is 9.93. The highest BCUT2D eigenvalue weighted by atomic mass is 15.1. The number of aromatic nitrogens is 3. The second-order valence-electron chi connectivity index (χ2n) is 12.0. The number of para-hydroxylation sites is 4. The van der Waals surface area contributed by atoms with Crippen molar-refractivity contribution in [1.82, 2.24) is 14.1 Å². The Kier molecular flexibility index (Phi) is 5.28. The molecule has 2 aromatic heterocycles. The molecule has 3 nitrogen and oxygen atoms in total. The van der Waals surface area contributed by atoms with E-state index in [1.807, 2.05) is 0 Å². The van der Waals surface area contributed by atoms with Crippen molar-refractivity contribution >= 4 is 65.2 Å². The molecule has 0 fully saturated rings. The Morgan fingerprint density at radius 2 is 0.957 bits per heavy atom. The summed E-state index contributed by atoms with van der Waals surface area (Å²) in [6.07, 6.45) is 0. The van der Waals surface area contributed by atoms with Gasteiger partial charge in [-0.25, -0.2) is 4.98 Å². The normalized spacial score (nSPS) is 11.9. The molecule has 46 heavy (non-hydrogen) atoms. The van der Waals surface area contributed by atoms with Crippen LogP contribution in [0.5, 0.6) is 0 Å².